The zero-order valence-electron chi connectivity index (χ0n) is 10.9. The van der Waals surface area contributed by atoms with E-state index in [4.69, 9.17) is 5.41 Å². The lowest BCUT2D eigenvalue weighted by molar-refractivity contribution is -0.128. The van der Waals surface area contributed by atoms with Gasteiger partial charge in [0.05, 0.1) is 0 Å². The Balaban J connectivity index is 3.06. The van der Waals surface area contributed by atoms with Crippen LogP contribution < -0.4 is 10.6 Å². The van der Waals surface area contributed by atoms with Gasteiger partial charge in [0.2, 0.25) is 5.91 Å². The molecular weight excluding hydrogens is 218 g/mol. The third kappa shape index (κ3) is 2.84. The van der Waals surface area contributed by atoms with Crippen LogP contribution in [-0.4, -0.2) is 17.8 Å². The molecule has 1 aliphatic rings. The molecule has 0 aromatic rings. The fourth-order valence-corrected chi connectivity index (χ4v) is 2.47. The molecule has 1 saturated heterocycles. The minimum Gasteiger partial charge on any atom is -0.295 e. The van der Waals surface area contributed by atoms with Crippen molar-refractivity contribution in [2.75, 3.05) is 0 Å². The van der Waals surface area contributed by atoms with E-state index in [1.165, 1.54) is 0 Å². The maximum atomic E-state index is 12.1. The van der Waals surface area contributed by atoms with E-state index < -0.39 is 11.4 Å². The van der Waals surface area contributed by atoms with Crippen LogP contribution >= 0.6 is 0 Å². The van der Waals surface area contributed by atoms with Crippen molar-refractivity contribution in [1.29, 1.82) is 5.41 Å². The molecule has 0 aromatic carbocycles. The number of rotatable bonds is 4. The fourth-order valence-electron chi connectivity index (χ4n) is 2.47. The normalized spacial score (nSPS) is 19.5. The van der Waals surface area contributed by atoms with Gasteiger partial charge in [-0.3, -0.25) is 20.8 Å². The van der Waals surface area contributed by atoms with Crippen LogP contribution in [0.25, 0.3) is 0 Å². The van der Waals surface area contributed by atoms with Crippen molar-refractivity contribution in [3.63, 3.8) is 0 Å². The summed E-state index contributed by atoms with van der Waals surface area (Å²) in [7, 11) is 0. The summed E-state index contributed by atoms with van der Waals surface area (Å²) in [6.45, 7) is 8.05. The van der Waals surface area contributed by atoms with E-state index in [2.05, 4.69) is 10.6 Å². The van der Waals surface area contributed by atoms with E-state index in [-0.39, 0.29) is 23.6 Å². The molecule has 5 nitrogen and oxygen atoms in total. The van der Waals surface area contributed by atoms with Gasteiger partial charge in [0, 0.05) is 0 Å². The number of nitrogens with one attached hydrogen (secondary N) is 3. The Kier molecular flexibility index (Phi) is 3.91. The molecule has 0 aliphatic carbocycles. The zero-order chi connectivity index (χ0) is 13.2. The summed E-state index contributed by atoms with van der Waals surface area (Å²) in [5.41, 5.74) is -0.879. The molecule has 0 unspecified atom stereocenters. The molecule has 1 heterocycles. The molecule has 5 heteroatoms. The van der Waals surface area contributed by atoms with Crippen molar-refractivity contribution < 1.29 is 9.59 Å². The first kappa shape index (κ1) is 13.7. The second-order valence-corrected chi connectivity index (χ2v) is 5.56. The van der Waals surface area contributed by atoms with Crippen LogP contribution in [0.3, 0.4) is 0 Å². The molecule has 3 N–H and O–H groups in total. The second-order valence-electron chi connectivity index (χ2n) is 5.56. The molecule has 1 rings (SSSR count). The highest BCUT2D eigenvalue weighted by Crippen LogP contribution is 2.36. The lowest BCUT2D eigenvalue weighted by Gasteiger charge is -2.38. The monoisotopic (exact) mass is 239 g/mol. The van der Waals surface area contributed by atoms with Crippen LogP contribution in [0.5, 0.6) is 0 Å². The Morgan fingerprint density at radius 2 is 1.53 bits per heavy atom. The summed E-state index contributed by atoms with van der Waals surface area (Å²) < 4.78 is 0. The molecule has 0 bridgehead atoms. The van der Waals surface area contributed by atoms with Crippen molar-refractivity contribution >= 4 is 17.8 Å². The topological polar surface area (TPSA) is 82.1 Å². The minimum absolute atomic E-state index is 0.0358. The largest absolute Gasteiger partial charge is 0.326 e. The lowest BCUT2D eigenvalue weighted by atomic mass is 9.71. The number of amides is 3. The highest BCUT2D eigenvalue weighted by Gasteiger charge is 2.47. The third-order valence-corrected chi connectivity index (χ3v) is 2.89. The van der Waals surface area contributed by atoms with Gasteiger partial charge in [-0.25, -0.2) is 4.79 Å². The number of hydrogen-bond acceptors (Lipinski definition) is 3. The first-order chi connectivity index (χ1) is 7.78. The molecule has 0 saturated carbocycles. The van der Waals surface area contributed by atoms with Gasteiger partial charge in [-0.05, 0) is 24.7 Å². The number of carbonyl (C=O) groups is 2. The molecule has 0 atom stereocenters. The average Bonchev–Trinajstić information content (AvgIpc) is 2.12. The molecule has 1 fully saturated rings. The molecule has 0 radical (unpaired) electrons. The van der Waals surface area contributed by atoms with Gasteiger partial charge in [-0.2, -0.15) is 0 Å². The summed E-state index contributed by atoms with van der Waals surface area (Å²) in [5.74, 6) is 0.270. The van der Waals surface area contributed by atoms with E-state index in [1.807, 2.05) is 27.7 Å². The minimum atomic E-state index is -0.879. The van der Waals surface area contributed by atoms with Gasteiger partial charge in [0.25, 0.3) is 0 Å². The number of hydrogen-bond donors (Lipinski definition) is 3. The molecule has 1 aliphatic heterocycles. The van der Waals surface area contributed by atoms with Crippen LogP contribution in [0.4, 0.5) is 4.79 Å². The molecule has 17 heavy (non-hydrogen) atoms. The predicted octanol–water partition coefficient (Wildman–Crippen LogP) is 1.88. The molecule has 3 amide bonds. The summed E-state index contributed by atoms with van der Waals surface area (Å²) >= 11 is 0. The third-order valence-electron chi connectivity index (χ3n) is 2.89. The summed E-state index contributed by atoms with van der Waals surface area (Å²) in [6.07, 6.45) is 1.16. The molecule has 96 valence electrons. The zero-order valence-corrected chi connectivity index (χ0v) is 10.9. The highest BCUT2D eigenvalue weighted by atomic mass is 16.2. The van der Waals surface area contributed by atoms with Crippen LogP contribution in [0.1, 0.15) is 40.5 Å². The predicted molar refractivity (Wildman–Crippen MR) is 65.7 cm³/mol. The highest BCUT2D eigenvalue weighted by molar-refractivity contribution is 6.20. The van der Waals surface area contributed by atoms with Gasteiger partial charge in [0.15, 0.2) is 0 Å². The van der Waals surface area contributed by atoms with E-state index >= 15 is 0 Å². The van der Waals surface area contributed by atoms with Gasteiger partial charge < -0.3 is 0 Å². The molecule has 0 spiro atoms. The van der Waals surface area contributed by atoms with Crippen LogP contribution in [0, 0.1) is 22.7 Å². The standard InChI is InChI=1S/C12H21N3O2/c1-7(2)5-12(6-8(3)4)9(13)14-11(17)15-10(12)16/h7-8H,5-6H2,1-4H3,(H3,13,14,15,16,17). The smallest absolute Gasteiger partial charge is 0.295 e. The number of urea groups is 1. The van der Waals surface area contributed by atoms with Crippen molar-refractivity contribution in [3.8, 4) is 0 Å². The Hall–Kier alpha value is -1.39. The van der Waals surface area contributed by atoms with Gasteiger partial charge >= 0.3 is 6.03 Å². The SMILES string of the molecule is CC(C)CC1(CC(C)C)C(=N)NC(=O)NC1=O. The Labute approximate surface area is 102 Å². The Morgan fingerprint density at radius 3 is 1.88 bits per heavy atom. The van der Waals surface area contributed by atoms with Gasteiger partial charge in [-0.1, -0.05) is 27.7 Å². The summed E-state index contributed by atoms with van der Waals surface area (Å²) in [5, 5.41) is 12.7. The van der Waals surface area contributed by atoms with Crippen molar-refractivity contribution in [2.24, 2.45) is 17.3 Å². The summed E-state index contributed by atoms with van der Waals surface area (Å²) in [6, 6.07) is -0.594. The van der Waals surface area contributed by atoms with E-state index in [9.17, 15) is 9.59 Å². The van der Waals surface area contributed by atoms with Crippen molar-refractivity contribution in [1.82, 2.24) is 10.6 Å². The first-order valence-electron chi connectivity index (χ1n) is 5.99. The van der Waals surface area contributed by atoms with Gasteiger partial charge in [-0.15, -0.1) is 0 Å². The van der Waals surface area contributed by atoms with Gasteiger partial charge in [0.1, 0.15) is 11.3 Å². The average molecular weight is 239 g/mol. The fraction of sp³-hybridized carbons (Fsp3) is 0.750. The molecular formula is C12H21N3O2. The van der Waals surface area contributed by atoms with Crippen LogP contribution in [0.2, 0.25) is 0 Å². The van der Waals surface area contributed by atoms with Crippen molar-refractivity contribution in [2.45, 2.75) is 40.5 Å². The number of carbonyl (C=O) groups excluding carboxylic acids is 2. The van der Waals surface area contributed by atoms with Crippen LogP contribution in [-0.2, 0) is 4.79 Å². The van der Waals surface area contributed by atoms with E-state index in [0.717, 1.165) is 0 Å². The number of imide groups is 1. The Bertz CT molecular complexity index is 316. The lowest BCUT2D eigenvalue weighted by Crippen LogP contribution is -2.62. The van der Waals surface area contributed by atoms with Crippen LogP contribution in [0.15, 0.2) is 0 Å². The quantitative estimate of drug-likeness (QED) is 0.700. The maximum absolute atomic E-state index is 12.1. The first-order valence-corrected chi connectivity index (χ1v) is 5.99. The molecule has 0 aromatic heterocycles. The number of amidine groups is 1. The van der Waals surface area contributed by atoms with E-state index in [1.54, 1.807) is 0 Å². The van der Waals surface area contributed by atoms with E-state index in [0.29, 0.717) is 12.8 Å². The van der Waals surface area contributed by atoms with Crippen molar-refractivity contribution in [3.05, 3.63) is 0 Å². The Morgan fingerprint density at radius 1 is 1.06 bits per heavy atom. The second kappa shape index (κ2) is 4.85. The maximum Gasteiger partial charge on any atom is 0.326 e. The summed E-state index contributed by atoms with van der Waals surface area (Å²) in [4.78, 5) is 23.3.